The molecule has 8 nitrogen and oxygen atoms in total. The second-order valence-electron chi connectivity index (χ2n) is 4.16. The molecular formula is C11H14N6O2S. The quantitative estimate of drug-likeness (QED) is 0.556. The molecule has 0 bridgehead atoms. The van der Waals surface area contributed by atoms with Crippen molar-refractivity contribution in [2.45, 2.75) is 18.7 Å². The van der Waals surface area contributed by atoms with Crippen LogP contribution in [0.1, 0.15) is 11.1 Å². The number of hydrazine groups is 1. The summed E-state index contributed by atoms with van der Waals surface area (Å²) in [5.74, 6) is 5.25. The molecule has 0 fully saturated rings. The molecule has 0 spiro atoms. The van der Waals surface area contributed by atoms with Gasteiger partial charge in [-0.2, -0.15) is 5.10 Å². The zero-order valence-corrected chi connectivity index (χ0v) is 11.8. The fraction of sp³-hybridized carbons (Fsp3) is 0.182. The third kappa shape index (κ3) is 2.83. The smallest absolute Gasteiger partial charge is 0.264 e. The van der Waals surface area contributed by atoms with E-state index in [9.17, 15) is 8.42 Å². The maximum Gasteiger partial charge on any atom is 0.264 e. The Morgan fingerprint density at radius 3 is 2.30 bits per heavy atom. The summed E-state index contributed by atoms with van der Waals surface area (Å²) in [6, 6.07) is 3.29. The van der Waals surface area contributed by atoms with Crippen molar-refractivity contribution < 1.29 is 8.42 Å². The fourth-order valence-corrected chi connectivity index (χ4v) is 3.32. The van der Waals surface area contributed by atoms with Crippen molar-refractivity contribution in [2.75, 3.05) is 10.1 Å². The molecule has 0 atom stereocenters. The molecule has 0 unspecified atom stereocenters. The Bertz CT molecular complexity index is 694. The lowest BCUT2D eigenvalue weighted by molar-refractivity contribution is 0.599. The molecule has 1 aromatic heterocycles. The van der Waals surface area contributed by atoms with Gasteiger partial charge in [-0.1, -0.05) is 0 Å². The van der Waals surface area contributed by atoms with Crippen molar-refractivity contribution in [3.63, 3.8) is 0 Å². The second-order valence-corrected chi connectivity index (χ2v) is 5.77. The largest absolute Gasteiger partial charge is 0.324 e. The zero-order chi connectivity index (χ0) is 14.8. The first-order valence-corrected chi connectivity index (χ1v) is 7.17. The van der Waals surface area contributed by atoms with E-state index in [1.54, 1.807) is 26.0 Å². The highest BCUT2D eigenvalue weighted by Crippen LogP contribution is 2.25. The third-order valence-electron chi connectivity index (χ3n) is 2.60. The number of aromatic nitrogens is 3. The van der Waals surface area contributed by atoms with Gasteiger partial charge in [-0.3, -0.25) is 5.84 Å². The Morgan fingerprint density at radius 1 is 1.15 bits per heavy atom. The van der Waals surface area contributed by atoms with Gasteiger partial charge in [-0.15, -0.1) is 5.10 Å². The molecule has 0 aliphatic heterocycles. The minimum Gasteiger partial charge on any atom is -0.324 e. The van der Waals surface area contributed by atoms with Crippen molar-refractivity contribution in [1.82, 2.24) is 15.2 Å². The van der Waals surface area contributed by atoms with Gasteiger partial charge in [0.25, 0.3) is 16.0 Å². The lowest BCUT2D eigenvalue weighted by Gasteiger charge is -2.13. The number of sulfonamides is 1. The van der Waals surface area contributed by atoms with Crippen LogP contribution in [0.4, 0.5) is 11.6 Å². The Labute approximate surface area is 116 Å². The molecule has 0 radical (unpaired) electrons. The van der Waals surface area contributed by atoms with E-state index in [1.165, 1.54) is 12.4 Å². The van der Waals surface area contributed by atoms with E-state index < -0.39 is 10.0 Å². The van der Waals surface area contributed by atoms with Gasteiger partial charge >= 0.3 is 0 Å². The Balaban J connectivity index is 2.45. The molecule has 0 aliphatic carbocycles. The van der Waals surface area contributed by atoms with Crippen LogP contribution in [0.2, 0.25) is 0 Å². The maximum absolute atomic E-state index is 12.4. The lowest BCUT2D eigenvalue weighted by atomic mass is 10.1. The highest BCUT2D eigenvalue weighted by molar-refractivity contribution is 7.92. The first-order valence-electron chi connectivity index (χ1n) is 5.68. The normalized spacial score (nSPS) is 11.2. The first kappa shape index (κ1) is 14.2. The van der Waals surface area contributed by atoms with Crippen molar-refractivity contribution in [1.29, 1.82) is 0 Å². The van der Waals surface area contributed by atoms with Crippen molar-refractivity contribution in [3.8, 4) is 0 Å². The number of aryl methyl sites for hydroxylation is 2. The molecule has 0 saturated carbocycles. The standard InChI is InChI=1S/C11H14N6O2S/c1-7-5-9(15-12)6-8(2)10(7)20(18,19)17-11-13-3-4-14-16-11/h3-6,15H,12H2,1-2H3,(H,13,16,17). The number of nitrogen functional groups attached to an aromatic ring is 1. The summed E-state index contributed by atoms with van der Waals surface area (Å²) in [5, 5.41) is 7.17. The number of hydrogen-bond donors (Lipinski definition) is 3. The summed E-state index contributed by atoms with van der Waals surface area (Å²) < 4.78 is 27.0. The molecule has 2 rings (SSSR count). The van der Waals surface area contributed by atoms with Crippen molar-refractivity contribution >= 4 is 21.7 Å². The summed E-state index contributed by atoms with van der Waals surface area (Å²) in [6.07, 6.45) is 2.71. The third-order valence-corrected chi connectivity index (χ3v) is 4.24. The van der Waals surface area contributed by atoms with Crippen LogP contribution in [0.3, 0.4) is 0 Å². The van der Waals surface area contributed by atoms with Gasteiger partial charge in [0.15, 0.2) is 0 Å². The number of nitrogens with two attached hydrogens (primary N) is 1. The molecule has 106 valence electrons. The van der Waals surface area contributed by atoms with E-state index in [0.717, 1.165) is 0 Å². The van der Waals surface area contributed by atoms with Crippen LogP contribution in [0.15, 0.2) is 29.4 Å². The molecule has 0 aliphatic rings. The topological polar surface area (TPSA) is 123 Å². The number of anilines is 2. The van der Waals surface area contributed by atoms with Gasteiger partial charge in [-0.05, 0) is 37.1 Å². The van der Waals surface area contributed by atoms with Crippen molar-refractivity contribution in [2.24, 2.45) is 5.84 Å². The highest BCUT2D eigenvalue weighted by atomic mass is 32.2. The van der Waals surface area contributed by atoms with Crippen LogP contribution < -0.4 is 16.0 Å². The number of hydrogen-bond acceptors (Lipinski definition) is 7. The van der Waals surface area contributed by atoms with Gasteiger partial charge < -0.3 is 5.43 Å². The summed E-state index contributed by atoms with van der Waals surface area (Å²) in [7, 11) is -3.78. The molecule has 4 N–H and O–H groups in total. The summed E-state index contributed by atoms with van der Waals surface area (Å²) in [5.41, 5.74) is 4.25. The Hall–Kier alpha value is -2.26. The van der Waals surface area contributed by atoms with Crippen LogP contribution in [0.25, 0.3) is 0 Å². The fourth-order valence-electron chi connectivity index (χ4n) is 1.92. The second kappa shape index (κ2) is 5.39. The number of rotatable bonds is 4. The van der Waals surface area contributed by atoms with Crippen LogP contribution in [0.5, 0.6) is 0 Å². The molecule has 2 aromatic rings. The van der Waals surface area contributed by atoms with E-state index in [-0.39, 0.29) is 10.8 Å². The average molecular weight is 294 g/mol. The molecule has 0 saturated heterocycles. The van der Waals surface area contributed by atoms with Crippen LogP contribution in [-0.4, -0.2) is 23.6 Å². The molecular weight excluding hydrogens is 280 g/mol. The van der Waals surface area contributed by atoms with E-state index in [0.29, 0.717) is 16.8 Å². The van der Waals surface area contributed by atoms with Gasteiger partial charge in [0, 0.05) is 5.69 Å². The number of nitrogens with one attached hydrogen (secondary N) is 2. The molecule has 20 heavy (non-hydrogen) atoms. The van der Waals surface area contributed by atoms with E-state index in [2.05, 4.69) is 25.3 Å². The average Bonchev–Trinajstić information content (AvgIpc) is 2.37. The minimum absolute atomic E-state index is 0.0765. The Kier molecular flexibility index (Phi) is 3.81. The minimum atomic E-state index is -3.78. The Morgan fingerprint density at radius 2 is 1.80 bits per heavy atom. The molecule has 1 heterocycles. The molecule has 9 heteroatoms. The predicted molar refractivity (Wildman–Crippen MR) is 74.4 cm³/mol. The van der Waals surface area contributed by atoms with E-state index >= 15 is 0 Å². The SMILES string of the molecule is Cc1cc(NN)cc(C)c1S(=O)(=O)Nc1nccnn1. The number of benzene rings is 1. The summed E-state index contributed by atoms with van der Waals surface area (Å²) in [4.78, 5) is 3.96. The predicted octanol–water partition coefficient (Wildman–Crippen LogP) is 0.575. The monoisotopic (exact) mass is 294 g/mol. The van der Waals surface area contributed by atoms with E-state index in [1.807, 2.05) is 0 Å². The van der Waals surface area contributed by atoms with Crippen LogP contribution in [0, 0.1) is 13.8 Å². The molecule has 1 aromatic carbocycles. The highest BCUT2D eigenvalue weighted by Gasteiger charge is 2.21. The van der Waals surface area contributed by atoms with Gasteiger partial charge in [0.2, 0.25) is 0 Å². The zero-order valence-electron chi connectivity index (χ0n) is 11.0. The summed E-state index contributed by atoms with van der Waals surface area (Å²) in [6.45, 7) is 3.37. The number of nitrogens with zero attached hydrogens (tertiary/aromatic N) is 3. The first-order chi connectivity index (χ1) is 9.44. The van der Waals surface area contributed by atoms with Crippen molar-refractivity contribution in [3.05, 3.63) is 35.7 Å². The van der Waals surface area contributed by atoms with Gasteiger partial charge in [0.1, 0.15) is 0 Å². The van der Waals surface area contributed by atoms with E-state index in [4.69, 9.17) is 5.84 Å². The summed E-state index contributed by atoms with van der Waals surface area (Å²) >= 11 is 0. The lowest BCUT2D eigenvalue weighted by Crippen LogP contribution is -2.18. The maximum atomic E-state index is 12.4. The van der Waals surface area contributed by atoms with Gasteiger partial charge in [0.05, 0.1) is 17.3 Å². The molecule has 0 amide bonds. The van der Waals surface area contributed by atoms with Crippen LogP contribution >= 0.6 is 0 Å². The van der Waals surface area contributed by atoms with Gasteiger partial charge in [-0.25, -0.2) is 18.1 Å². The van der Waals surface area contributed by atoms with Crippen LogP contribution in [-0.2, 0) is 10.0 Å².